The molecule has 5 heteroatoms. The quantitative estimate of drug-likeness (QED) is 0.773. The van der Waals surface area contributed by atoms with Crippen molar-refractivity contribution in [2.75, 3.05) is 19.4 Å². The van der Waals surface area contributed by atoms with Gasteiger partial charge in [-0.3, -0.25) is 5.32 Å². The third-order valence-corrected chi connectivity index (χ3v) is 2.01. The number of carbonyl (C=O) groups is 1. The summed E-state index contributed by atoms with van der Waals surface area (Å²) < 4.78 is 4.87. The van der Waals surface area contributed by atoms with Crippen molar-refractivity contribution in [1.29, 1.82) is 0 Å². The number of hydrogen-bond acceptors (Lipinski definition) is 3. The van der Waals surface area contributed by atoms with Crippen molar-refractivity contribution in [1.82, 2.24) is 10.1 Å². The molecular weight excluding hydrogens is 194 g/mol. The molecule has 1 aromatic heterocycles. The van der Waals surface area contributed by atoms with E-state index in [1.54, 1.807) is 20.4 Å². The highest BCUT2D eigenvalue weighted by Gasteiger charge is 2.23. The molecule has 0 atom stereocenters. The van der Waals surface area contributed by atoms with Crippen molar-refractivity contribution >= 4 is 11.8 Å². The summed E-state index contributed by atoms with van der Waals surface area (Å²) in [4.78, 5) is 12.9. The molecule has 0 aliphatic heterocycles. The lowest BCUT2D eigenvalue weighted by Gasteiger charge is -2.18. The first-order chi connectivity index (χ1) is 6.82. The van der Waals surface area contributed by atoms with Crippen molar-refractivity contribution in [2.45, 2.75) is 26.2 Å². The van der Waals surface area contributed by atoms with Gasteiger partial charge in [0.05, 0.1) is 0 Å². The number of rotatable bonds is 1. The van der Waals surface area contributed by atoms with E-state index in [9.17, 15) is 4.79 Å². The fourth-order valence-corrected chi connectivity index (χ4v) is 1.07. The van der Waals surface area contributed by atoms with E-state index in [-0.39, 0.29) is 11.4 Å². The molecule has 0 spiro atoms. The van der Waals surface area contributed by atoms with Crippen LogP contribution < -0.4 is 5.32 Å². The Morgan fingerprint density at radius 2 is 2.07 bits per heavy atom. The maximum absolute atomic E-state index is 11.4. The van der Waals surface area contributed by atoms with Gasteiger partial charge in [-0.05, 0) is 5.41 Å². The highest BCUT2D eigenvalue weighted by atomic mass is 16.5. The zero-order chi connectivity index (χ0) is 11.6. The van der Waals surface area contributed by atoms with E-state index in [1.807, 2.05) is 20.8 Å². The van der Waals surface area contributed by atoms with E-state index in [4.69, 9.17) is 4.52 Å². The number of carbonyl (C=O) groups excluding carboxylic acids is 1. The molecule has 0 aromatic carbocycles. The first kappa shape index (κ1) is 11.6. The normalized spacial score (nSPS) is 11.3. The minimum atomic E-state index is -0.214. The molecule has 0 aliphatic carbocycles. The number of nitrogens with zero attached hydrogens (tertiary/aromatic N) is 2. The molecule has 0 unspecified atom stereocenters. The van der Waals surface area contributed by atoms with E-state index >= 15 is 0 Å². The maximum Gasteiger partial charge on any atom is 0.322 e. The predicted octanol–water partition coefficient (Wildman–Crippen LogP) is 2.07. The van der Waals surface area contributed by atoms with Crippen LogP contribution in [0.1, 0.15) is 26.3 Å². The summed E-state index contributed by atoms with van der Waals surface area (Å²) in [6, 6.07) is -0.214. The molecule has 5 nitrogen and oxygen atoms in total. The second kappa shape index (κ2) is 3.92. The first-order valence-electron chi connectivity index (χ1n) is 4.75. The topological polar surface area (TPSA) is 58.4 Å². The van der Waals surface area contributed by atoms with Crippen LogP contribution in [0.25, 0.3) is 0 Å². The summed E-state index contributed by atoms with van der Waals surface area (Å²) in [5, 5.41) is 6.45. The van der Waals surface area contributed by atoms with Crippen molar-refractivity contribution in [2.24, 2.45) is 0 Å². The van der Waals surface area contributed by atoms with Gasteiger partial charge in [0.2, 0.25) is 0 Å². The average molecular weight is 211 g/mol. The largest absolute Gasteiger partial charge is 0.362 e. The van der Waals surface area contributed by atoms with E-state index in [0.717, 1.165) is 5.56 Å². The minimum absolute atomic E-state index is 0.102. The fourth-order valence-electron chi connectivity index (χ4n) is 1.07. The minimum Gasteiger partial charge on any atom is -0.362 e. The Bertz CT molecular complexity index is 350. The lowest BCUT2D eigenvalue weighted by molar-refractivity contribution is 0.230. The Hall–Kier alpha value is -1.52. The Morgan fingerprint density at radius 1 is 1.47 bits per heavy atom. The number of amides is 2. The lowest BCUT2D eigenvalue weighted by atomic mass is 9.89. The van der Waals surface area contributed by atoms with Gasteiger partial charge < -0.3 is 9.42 Å². The van der Waals surface area contributed by atoms with Crippen molar-refractivity contribution < 1.29 is 9.32 Å². The summed E-state index contributed by atoms with van der Waals surface area (Å²) in [6.45, 7) is 6.10. The smallest absolute Gasteiger partial charge is 0.322 e. The van der Waals surface area contributed by atoms with Crippen LogP contribution in [0.3, 0.4) is 0 Å². The van der Waals surface area contributed by atoms with Gasteiger partial charge in [-0.25, -0.2) is 4.79 Å². The predicted molar refractivity (Wildman–Crippen MR) is 57.9 cm³/mol. The van der Waals surface area contributed by atoms with Crippen LogP contribution in [-0.2, 0) is 5.41 Å². The lowest BCUT2D eigenvalue weighted by Crippen LogP contribution is -2.28. The van der Waals surface area contributed by atoms with Gasteiger partial charge in [0.15, 0.2) is 5.82 Å². The van der Waals surface area contributed by atoms with Gasteiger partial charge in [-0.15, -0.1) is 0 Å². The fraction of sp³-hybridized carbons (Fsp3) is 0.600. The molecule has 0 radical (unpaired) electrons. The monoisotopic (exact) mass is 211 g/mol. The number of urea groups is 1. The zero-order valence-electron chi connectivity index (χ0n) is 9.79. The molecule has 1 aromatic rings. The van der Waals surface area contributed by atoms with Crippen LogP contribution in [0.4, 0.5) is 10.6 Å². The van der Waals surface area contributed by atoms with Crippen LogP contribution in [-0.4, -0.2) is 30.2 Å². The molecule has 0 bridgehead atoms. The van der Waals surface area contributed by atoms with Gasteiger partial charge in [-0.1, -0.05) is 25.9 Å². The number of aromatic nitrogens is 1. The Morgan fingerprint density at radius 3 is 2.53 bits per heavy atom. The standard InChI is InChI=1S/C10H17N3O2/c1-10(2,3)7-6-15-12-8(7)11-9(14)13(4)5/h6H,1-5H3,(H,11,12,14). The maximum atomic E-state index is 11.4. The Labute approximate surface area is 89.4 Å². The van der Waals surface area contributed by atoms with Gasteiger partial charge in [0.1, 0.15) is 6.26 Å². The molecule has 0 saturated carbocycles. The molecule has 2 amide bonds. The van der Waals surface area contributed by atoms with E-state index in [2.05, 4.69) is 10.5 Å². The van der Waals surface area contributed by atoms with Crippen LogP contribution in [0.2, 0.25) is 0 Å². The van der Waals surface area contributed by atoms with E-state index in [0.29, 0.717) is 5.82 Å². The van der Waals surface area contributed by atoms with Crippen LogP contribution in [0.5, 0.6) is 0 Å². The molecule has 0 aliphatic rings. The summed E-state index contributed by atoms with van der Waals surface area (Å²) >= 11 is 0. The van der Waals surface area contributed by atoms with Gasteiger partial charge in [0.25, 0.3) is 0 Å². The second-order valence-corrected chi connectivity index (χ2v) is 4.65. The molecule has 1 N–H and O–H groups in total. The summed E-state index contributed by atoms with van der Waals surface area (Å²) in [6.07, 6.45) is 1.56. The van der Waals surface area contributed by atoms with Crippen molar-refractivity contribution in [3.05, 3.63) is 11.8 Å². The summed E-state index contributed by atoms with van der Waals surface area (Å²) in [5.74, 6) is 0.487. The third kappa shape index (κ3) is 2.71. The first-order valence-corrected chi connectivity index (χ1v) is 4.75. The molecule has 0 fully saturated rings. The SMILES string of the molecule is CN(C)C(=O)Nc1nocc1C(C)(C)C. The van der Waals surface area contributed by atoms with Crippen molar-refractivity contribution in [3.63, 3.8) is 0 Å². The number of anilines is 1. The molecule has 15 heavy (non-hydrogen) atoms. The van der Waals surface area contributed by atoms with Gasteiger partial charge in [-0.2, -0.15) is 0 Å². The zero-order valence-corrected chi connectivity index (χ0v) is 9.79. The van der Waals surface area contributed by atoms with Crippen molar-refractivity contribution in [3.8, 4) is 0 Å². The molecule has 1 heterocycles. The molecular formula is C10H17N3O2. The number of hydrogen-bond donors (Lipinski definition) is 1. The Kier molecular flexibility index (Phi) is 3.02. The van der Waals surface area contributed by atoms with Gasteiger partial charge in [0, 0.05) is 19.7 Å². The highest BCUT2D eigenvalue weighted by Crippen LogP contribution is 2.28. The van der Waals surface area contributed by atoms with E-state index < -0.39 is 0 Å². The summed E-state index contributed by atoms with van der Waals surface area (Å²) in [5.41, 5.74) is 0.785. The summed E-state index contributed by atoms with van der Waals surface area (Å²) in [7, 11) is 3.35. The highest BCUT2D eigenvalue weighted by molar-refractivity contribution is 5.88. The van der Waals surface area contributed by atoms with Crippen LogP contribution in [0.15, 0.2) is 10.8 Å². The van der Waals surface area contributed by atoms with Crippen LogP contribution in [0, 0.1) is 0 Å². The van der Waals surface area contributed by atoms with Crippen LogP contribution >= 0.6 is 0 Å². The van der Waals surface area contributed by atoms with Gasteiger partial charge >= 0.3 is 6.03 Å². The second-order valence-electron chi connectivity index (χ2n) is 4.65. The molecule has 84 valence electrons. The third-order valence-electron chi connectivity index (χ3n) is 2.01. The average Bonchev–Trinajstić information content (AvgIpc) is 2.50. The molecule has 1 rings (SSSR count). The Balaban J connectivity index is 2.88. The number of nitrogens with one attached hydrogen (secondary N) is 1. The van der Waals surface area contributed by atoms with E-state index in [1.165, 1.54) is 4.90 Å². The molecule has 0 saturated heterocycles.